The number of carbonyl (C=O) groups is 2. The smallest absolute Gasteiger partial charge is 0.155 e. The molecule has 0 aromatic carbocycles. The van der Waals surface area contributed by atoms with Crippen LogP contribution in [0.5, 0.6) is 0 Å². The molecule has 37 heavy (non-hydrogen) atoms. The van der Waals surface area contributed by atoms with Gasteiger partial charge in [0, 0.05) is 19.3 Å². The maximum absolute atomic E-state index is 12.1. The van der Waals surface area contributed by atoms with Crippen molar-refractivity contribution < 1.29 is 9.59 Å². The molecule has 0 spiro atoms. The van der Waals surface area contributed by atoms with Gasteiger partial charge in [-0.25, -0.2) is 0 Å². The Labute approximate surface area is 228 Å². The van der Waals surface area contributed by atoms with Crippen LogP contribution < -0.4 is 0 Å². The summed E-state index contributed by atoms with van der Waals surface area (Å²) in [6, 6.07) is 0. The Morgan fingerprint density at radius 2 is 0.973 bits per heavy atom. The normalized spacial score (nSPS) is 13.0. The minimum absolute atomic E-state index is 0.208. The molecule has 0 aliphatic rings. The predicted molar refractivity (Wildman–Crippen MR) is 163 cm³/mol. The summed E-state index contributed by atoms with van der Waals surface area (Å²) in [5.74, 6) is 0.549. The number of carbonyl (C=O) groups excluding carboxylic acids is 2. The van der Waals surface area contributed by atoms with Gasteiger partial charge in [-0.3, -0.25) is 9.59 Å². The monoisotopic (exact) mass is 507 g/mol. The van der Waals surface area contributed by atoms with Crippen molar-refractivity contribution in [3.05, 3.63) is 85.1 Å². The Morgan fingerprint density at radius 3 is 1.46 bits per heavy atom. The van der Waals surface area contributed by atoms with Crippen molar-refractivity contribution in [3.8, 4) is 0 Å². The molecular weight excluding hydrogens is 454 g/mol. The van der Waals surface area contributed by atoms with Crippen LogP contribution in [0.1, 0.15) is 97.3 Å². The van der Waals surface area contributed by atoms with Crippen molar-refractivity contribution in [2.24, 2.45) is 0 Å². The number of rotatable bonds is 24. The van der Waals surface area contributed by atoms with E-state index in [4.69, 9.17) is 0 Å². The van der Waals surface area contributed by atoms with E-state index >= 15 is 0 Å². The van der Waals surface area contributed by atoms with Crippen LogP contribution in [0.3, 0.4) is 0 Å². The van der Waals surface area contributed by atoms with Crippen LogP contribution in [0, 0.1) is 0 Å². The van der Waals surface area contributed by atoms with Gasteiger partial charge in [0.15, 0.2) is 5.78 Å². The summed E-state index contributed by atoms with van der Waals surface area (Å²) in [4.78, 5) is 25.9. The molecule has 0 unspecified atom stereocenters. The fraction of sp³-hybridized carbons (Fsp3) is 0.529. The summed E-state index contributed by atoms with van der Waals surface area (Å²) in [6.07, 6.45) is 41.3. The second kappa shape index (κ2) is 28.1. The summed E-state index contributed by atoms with van der Waals surface area (Å²) in [6.45, 7) is 5.99. The number of hydrogen-bond acceptors (Lipinski definition) is 3. The van der Waals surface area contributed by atoms with Crippen LogP contribution in [-0.4, -0.2) is 36.6 Å². The molecule has 0 amide bonds. The zero-order chi connectivity index (χ0) is 27.2. The Kier molecular flexibility index (Phi) is 26.1. The first kappa shape index (κ1) is 34.5. The van der Waals surface area contributed by atoms with E-state index in [0.717, 1.165) is 77.3 Å². The number of nitrogens with zero attached hydrogens (tertiary/aromatic N) is 1. The second-order valence-corrected chi connectivity index (χ2v) is 9.28. The van der Waals surface area contributed by atoms with Gasteiger partial charge in [-0.05, 0) is 90.4 Å². The van der Waals surface area contributed by atoms with Crippen LogP contribution in [-0.2, 0) is 9.59 Å². The largest absolute Gasteiger partial charge is 0.306 e. The third kappa shape index (κ3) is 27.9. The molecule has 0 aromatic heterocycles. The molecule has 0 saturated heterocycles. The van der Waals surface area contributed by atoms with E-state index in [1.807, 2.05) is 13.0 Å². The molecule has 0 heterocycles. The Balaban J connectivity index is 3.66. The zero-order valence-electron chi connectivity index (χ0n) is 24.0. The molecular formula is C34H53NO2. The van der Waals surface area contributed by atoms with E-state index in [9.17, 15) is 9.59 Å². The Morgan fingerprint density at radius 1 is 0.541 bits per heavy atom. The maximum Gasteiger partial charge on any atom is 0.155 e. The molecule has 0 aromatic rings. The van der Waals surface area contributed by atoms with Crippen molar-refractivity contribution >= 4 is 11.6 Å². The molecule has 3 nitrogen and oxygen atoms in total. The first-order valence-corrected chi connectivity index (χ1v) is 14.4. The lowest BCUT2D eigenvalue weighted by Gasteiger charge is -2.15. The van der Waals surface area contributed by atoms with Gasteiger partial charge in [-0.15, -0.1) is 0 Å². The predicted octanol–water partition coefficient (Wildman–Crippen LogP) is 9.06. The molecule has 0 radical (unpaired) electrons. The third-order valence-corrected chi connectivity index (χ3v) is 5.68. The lowest BCUT2D eigenvalue weighted by atomic mass is 10.1. The van der Waals surface area contributed by atoms with Gasteiger partial charge in [0.2, 0.25) is 0 Å². The minimum atomic E-state index is 0.208. The molecule has 206 valence electrons. The van der Waals surface area contributed by atoms with Gasteiger partial charge in [-0.2, -0.15) is 0 Å². The van der Waals surface area contributed by atoms with Crippen molar-refractivity contribution in [2.45, 2.75) is 97.3 Å². The van der Waals surface area contributed by atoms with Gasteiger partial charge in [-0.1, -0.05) is 92.8 Å². The van der Waals surface area contributed by atoms with Crippen molar-refractivity contribution in [1.82, 2.24) is 4.90 Å². The SMILES string of the molecule is CC/C=C\C/C=C\C/C=C\C/C=C\C/C=C\C/C=C\CCC(=O)CCCN(C)CCCC(=O)/C=C/CC. The average molecular weight is 508 g/mol. The number of allylic oxidation sites excluding steroid dienone is 14. The second-order valence-electron chi connectivity index (χ2n) is 9.28. The quantitative estimate of drug-likeness (QED) is 0.0965. The molecule has 0 atom stereocenters. The highest BCUT2D eigenvalue weighted by molar-refractivity contribution is 5.89. The summed E-state index contributed by atoms with van der Waals surface area (Å²) in [5.41, 5.74) is 0. The van der Waals surface area contributed by atoms with Gasteiger partial charge < -0.3 is 4.90 Å². The highest BCUT2D eigenvalue weighted by Crippen LogP contribution is 2.04. The topological polar surface area (TPSA) is 37.4 Å². The van der Waals surface area contributed by atoms with Crippen LogP contribution >= 0.6 is 0 Å². The van der Waals surface area contributed by atoms with Gasteiger partial charge in [0.1, 0.15) is 5.78 Å². The van der Waals surface area contributed by atoms with E-state index in [1.165, 1.54) is 0 Å². The lowest BCUT2D eigenvalue weighted by molar-refractivity contribution is -0.119. The Hall–Kier alpha value is -2.52. The number of ketones is 2. The summed E-state index contributed by atoms with van der Waals surface area (Å²) in [5, 5.41) is 0. The first-order chi connectivity index (χ1) is 18.1. The molecule has 3 heteroatoms. The molecule has 0 fully saturated rings. The van der Waals surface area contributed by atoms with Crippen LogP contribution in [0.2, 0.25) is 0 Å². The minimum Gasteiger partial charge on any atom is -0.306 e. The standard InChI is InChI=1S/C34H53NO2/c1-4-6-8-9-10-11-12-13-14-15-16-17-18-19-20-21-22-23-24-28-34(37)30-26-32-35(3)31-25-29-33(36)27-7-5-2/h6-8,10-11,13-14,16-17,19-20,22-23,27H,4-5,9,12,15,18,21,24-26,28-32H2,1-3H3/b8-6-,11-10-,14-13-,17-16-,20-19-,23-22-,27-7+. The highest BCUT2D eigenvalue weighted by atomic mass is 16.1. The fourth-order valence-corrected chi connectivity index (χ4v) is 3.52. The van der Waals surface area contributed by atoms with E-state index in [1.54, 1.807) is 6.08 Å². The van der Waals surface area contributed by atoms with Crippen molar-refractivity contribution in [3.63, 3.8) is 0 Å². The zero-order valence-corrected chi connectivity index (χ0v) is 24.0. The van der Waals surface area contributed by atoms with Crippen LogP contribution in [0.25, 0.3) is 0 Å². The van der Waals surface area contributed by atoms with E-state index in [2.05, 4.69) is 91.8 Å². The molecule has 0 rings (SSSR count). The maximum atomic E-state index is 12.1. The van der Waals surface area contributed by atoms with Gasteiger partial charge >= 0.3 is 0 Å². The molecule has 0 aliphatic carbocycles. The average Bonchev–Trinajstić information content (AvgIpc) is 2.88. The number of Topliss-reactive ketones (excluding diaryl/α,β-unsaturated/α-hetero) is 1. The third-order valence-electron chi connectivity index (χ3n) is 5.68. The summed E-state index contributed by atoms with van der Waals surface area (Å²) < 4.78 is 0. The lowest BCUT2D eigenvalue weighted by Crippen LogP contribution is -2.22. The van der Waals surface area contributed by atoms with E-state index < -0.39 is 0 Å². The molecule has 0 bridgehead atoms. The number of hydrogen-bond donors (Lipinski definition) is 0. The summed E-state index contributed by atoms with van der Waals surface area (Å²) in [7, 11) is 2.06. The Bertz CT molecular complexity index is 765. The molecule has 0 saturated carbocycles. The van der Waals surface area contributed by atoms with E-state index in [-0.39, 0.29) is 5.78 Å². The van der Waals surface area contributed by atoms with Crippen LogP contribution in [0.4, 0.5) is 0 Å². The highest BCUT2D eigenvalue weighted by Gasteiger charge is 2.04. The molecule has 0 aliphatic heterocycles. The van der Waals surface area contributed by atoms with Crippen molar-refractivity contribution in [1.29, 1.82) is 0 Å². The van der Waals surface area contributed by atoms with Crippen LogP contribution in [0.15, 0.2) is 85.1 Å². The molecule has 0 N–H and O–H groups in total. The first-order valence-electron chi connectivity index (χ1n) is 14.4. The van der Waals surface area contributed by atoms with Gasteiger partial charge in [0.05, 0.1) is 0 Å². The summed E-state index contributed by atoms with van der Waals surface area (Å²) >= 11 is 0. The van der Waals surface area contributed by atoms with E-state index in [0.29, 0.717) is 25.0 Å². The van der Waals surface area contributed by atoms with Gasteiger partial charge in [0.25, 0.3) is 0 Å². The van der Waals surface area contributed by atoms with Crippen molar-refractivity contribution in [2.75, 3.05) is 20.1 Å². The fourth-order valence-electron chi connectivity index (χ4n) is 3.52.